The predicted octanol–water partition coefficient (Wildman–Crippen LogP) is 3.36. The van der Waals surface area contributed by atoms with Gasteiger partial charge in [-0.2, -0.15) is 10.2 Å². The van der Waals surface area contributed by atoms with Gasteiger partial charge < -0.3 is 24.6 Å². The molecule has 7 rings (SSSR count). The van der Waals surface area contributed by atoms with Crippen molar-refractivity contribution in [2.45, 2.75) is 44.0 Å². The normalized spacial score (nSPS) is 23.7. The molecule has 3 aromatic rings. The third kappa shape index (κ3) is 6.89. The summed E-state index contributed by atoms with van der Waals surface area (Å²) in [7, 11) is 0. The number of amides is 1. The number of likely N-dealkylation sites (tertiary alicyclic amines) is 1. The molecule has 0 bridgehead atoms. The highest BCUT2D eigenvalue weighted by atomic mass is 19.1. The molecule has 0 radical (unpaired) electrons. The number of rotatable bonds is 8. The number of Topliss-reactive ketones (excluding diaryl/α,β-unsaturated/α-hetero) is 1. The van der Waals surface area contributed by atoms with E-state index < -0.39 is 12.3 Å². The van der Waals surface area contributed by atoms with Gasteiger partial charge in [0.2, 0.25) is 11.9 Å². The van der Waals surface area contributed by atoms with Crippen LogP contribution in [0.5, 0.6) is 5.75 Å². The van der Waals surface area contributed by atoms with Gasteiger partial charge in [0.15, 0.2) is 12.0 Å². The van der Waals surface area contributed by atoms with Crippen molar-refractivity contribution in [1.29, 1.82) is 5.26 Å². The fourth-order valence-electron chi connectivity index (χ4n) is 6.68. The Bertz CT molecular complexity index is 1650. The van der Waals surface area contributed by atoms with Crippen molar-refractivity contribution in [3.05, 3.63) is 54.4 Å². The number of benzene rings is 2. The second-order valence-electron chi connectivity index (χ2n) is 12.6. The minimum absolute atomic E-state index is 0.0843. The third-order valence-electron chi connectivity index (χ3n) is 9.54. The van der Waals surface area contributed by atoms with Gasteiger partial charge in [0.25, 0.3) is 0 Å². The lowest BCUT2D eigenvalue weighted by molar-refractivity contribution is -0.139. The molecule has 1 aromatic heterocycles. The number of anilines is 3. The summed E-state index contributed by atoms with van der Waals surface area (Å²) in [5.74, 6) is 0.573. The molecule has 3 saturated heterocycles. The van der Waals surface area contributed by atoms with Gasteiger partial charge in [-0.15, -0.1) is 0 Å². The fraction of sp³-hybridized carbons (Fsp3) is 0.471. The number of alkyl halides is 1. The van der Waals surface area contributed by atoms with Gasteiger partial charge in [0.1, 0.15) is 30.0 Å². The van der Waals surface area contributed by atoms with E-state index >= 15 is 4.39 Å². The average molecular weight is 641 g/mol. The Morgan fingerprint density at radius 3 is 2.53 bits per heavy atom. The number of nitriles is 1. The molecule has 12 nitrogen and oxygen atoms in total. The molecule has 0 unspecified atom stereocenters. The minimum Gasteiger partial charge on any atom is -0.486 e. The van der Waals surface area contributed by atoms with E-state index in [1.54, 1.807) is 18.2 Å². The first-order valence-electron chi connectivity index (χ1n) is 16.2. The number of nitrogens with one attached hydrogen (secondary N) is 1. The molecule has 3 atom stereocenters. The third-order valence-corrected chi connectivity index (χ3v) is 9.54. The minimum atomic E-state index is -1.42. The second kappa shape index (κ2) is 13.6. The SMILES string of the molecule is N#Cc1cc(-c2ncnc(Nc3ccc(N4CCN(C5COC5)CC4)cc3)n2)ccc1O[C@H]1CCN(C(=O)[C@@H]2CCC(=O)C2)C[C@H]1F. The van der Waals surface area contributed by atoms with E-state index in [0.717, 1.165) is 45.1 Å². The highest BCUT2D eigenvalue weighted by Crippen LogP contribution is 2.31. The lowest BCUT2D eigenvalue weighted by Crippen LogP contribution is -2.56. The maximum Gasteiger partial charge on any atom is 0.230 e. The van der Waals surface area contributed by atoms with Crippen molar-refractivity contribution >= 4 is 29.0 Å². The van der Waals surface area contributed by atoms with E-state index in [9.17, 15) is 14.9 Å². The summed E-state index contributed by atoms with van der Waals surface area (Å²) in [4.78, 5) is 43.9. The lowest BCUT2D eigenvalue weighted by atomic mass is 10.0. The monoisotopic (exact) mass is 640 g/mol. The zero-order valence-corrected chi connectivity index (χ0v) is 26.1. The highest BCUT2D eigenvalue weighted by Gasteiger charge is 2.38. The van der Waals surface area contributed by atoms with E-state index in [4.69, 9.17) is 9.47 Å². The van der Waals surface area contributed by atoms with Gasteiger partial charge in [0, 0.05) is 74.8 Å². The molecule has 0 spiro atoms. The molecule has 13 heteroatoms. The fourth-order valence-corrected chi connectivity index (χ4v) is 6.68. The molecule has 2 aromatic carbocycles. The number of hydrogen-bond acceptors (Lipinski definition) is 11. The van der Waals surface area contributed by atoms with Crippen LogP contribution in [-0.2, 0) is 14.3 Å². The largest absolute Gasteiger partial charge is 0.486 e. The van der Waals surface area contributed by atoms with Crippen LogP contribution in [0.3, 0.4) is 0 Å². The van der Waals surface area contributed by atoms with Crippen LogP contribution < -0.4 is 15.0 Å². The number of aromatic nitrogens is 3. The first-order chi connectivity index (χ1) is 22.9. The molecule has 1 saturated carbocycles. The van der Waals surface area contributed by atoms with E-state index in [0.29, 0.717) is 42.8 Å². The topological polar surface area (TPSA) is 137 Å². The maximum atomic E-state index is 15.2. The summed E-state index contributed by atoms with van der Waals surface area (Å²) in [6.07, 6.45) is 0.667. The van der Waals surface area contributed by atoms with Gasteiger partial charge in [-0.1, -0.05) is 0 Å². The average Bonchev–Trinajstić information content (AvgIpc) is 3.51. The zero-order chi connectivity index (χ0) is 32.3. The highest BCUT2D eigenvalue weighted by molar-refractivity contribution is 5.90. The second-order valence-corrected chi connectivity index (χ2v) is 12.6. The van der Waals surface area contributed by atoms with Crippen LogP contribution in [0.1, 0.15) is 31.2 Å². The Hall–Kier alpha value is -4.67. The molecule has 1 N–H and O–H groups in total. The first-order valence-corrected chi connectivity index (χ1v) is 16.2. The Kier molecular flexibility index (Phi) is 8.95. The van der Waals surface area contributed by atoms with Crippen LogP contribution >= 0.6 is 0 Å². The predicted molar refractivity (Wildman–Crippen MR) is 171 cm³/mol. The molecule has 3 aliphatic heterocycles. The van der Waals surface area contributed by atoms with Crippen molar-refractivity contribution in [3.63, 3.8) is 0 Å². The van der Waals surface area contributed by atoms with Crippen molar-refractivity contribution < 1.29 is 23.5 Å². The van der Waals surface area contributed by atoms with Crippen LogP contribution in [-0.4, -0.2) is 107 Å². The first kappa shape index (κ1) is 31.0. The number of nitrogens with zero attached hydrogens (tertiary/aromatic N) is 7. The van der Waals surface area contributed by atoms with Crippen LogP contribution in [0.15, 0.2) is 48.8 Å². The van der Waals surface area contributed by atoms with Crippen LogP contribution in [0, 0.1) is 17.2 Å². The smallest absolute Gasteiger partial charge is 0.230 e. The molecule has 4 heterocycles. The van der Waals surface area contributed by atoms with Crippen LogP contribution in [0.4, 0.5) is 21.7 Å². The molecular formula is C34H37FN8O4. The van der Waals surface area contributed by atoms with Crippen molar-refractivity contribution in [3.8, 4) is 23.2 Å². The Labute approximate surface area is 272 Å². The lowest BCUT2D eigenvalue weighted by Gasteiger charge is -2.43. The number of carbonyl (C=O) groups is 2. The van der Waals surface area contributed by atoms with Crippen molar-refractivity contribution in [2.24, 2.45) is 5.92 Å². The van der Waals surface area contributed by atoms with E-state index in [1.807, 2.05) is 12.1 Å². The maximum absolute atomic E-state index is 15.2. The Morgan fingerprint density at radius 1 is 1.04 bits per heavy atom. The van der Waals surface area contributed by atoms with Gasteiger partial charge >= 0.3 is 0 Å². The molecule has 1 aliphatic carbocycles. The Morgan fingerprint density at radius 2 is 1.85 bits per heavy atom. The summed E-state index contributed by atoms with van der Waals surface area (Å²) in [6.45, 7) is 5.96. The zero-order valence-electron chi connectivity index (χ0n) is 26.1. The summed E-state index contributed by atoms with van der Waals surface area (Å²) >= 11 is 0. The summed E-state index contributed by atoms with van der Waals surface area (Å²) in [5, 5.41) is 13.1. The standard InChI is InChI=1S/C34H37FN8O4/c35-29-18-43(33(45)23-1-7-28(44)16-23)10-9-31(29)47-30-8-2-22(15-24(30)17-36)32-37-21-38-34(40-32)39-25-3-5-26(6-4-25)41-11-13-42(14-12-41)27-19-46-20-27/h2-6,8,15,21,23,27,29,31H,1,7,9-14,16,18-20H2,(H,37,38,39,40)/t23-,29-,31+/m1/s1. The number of piperazine rings is 1. The van der Waals surface area contributed by atoms with E-state index in [2.05, 4.69) is 48.3 Å². The number of ether oxygens (including phenoxy) is 2. The molecule has 244 valence electrons. The van der Waals surface area contributed by atoms with Gasteiger partial charge in [0.05, 0.1) is 31.4 Å². The van der Waals surface area contributed by atoms with Crippen LogP contribution in [0.25, 0.3) is 11.4 Å². The molecule has 4 aliphatic rings. The number of ketones is 1. The number of piperidine rings is 1. The van der Waals surface area contributed by atoms with Crippen LogP contribution in [0.2, 0.25) is 0 Å². The van der Waals surface area contributed by atoms with E-state index in [1.165, 1.54) is 16.9 Å². The van der Waals surface area contributed by atoms with Gasteiger partial charge in [-0.25, -0.2) is 14.4 Å². The number of carbonyl (C=O) groups excluding carboxylic acids is 2. The molecule has 47 heavy (non-hydrogen) atoms. The van der Waals surface area contributed by atoms with Gasteiger partial charge in [-0.3, -0.25) is 14.5 Å². The van der Waals surface area contributed by atoms with E-state index in [-0.39, 0.29) is 48.3 Å². The quantitative estimate of drug-likeness (QED) is 0.388. The summed E-state index contributed by atoms with van der Waals surface area (Å²) < 4.78 is 26.5. The molecule has 4 fully saturated rings. The van der Waals surface area contributed by atoms with Crippen molar-refractivity contribution in [1.82, 2.24) is 24.8 Å². The summed E-state index contributed by atoms with van der Waals surface area (Å²) in [6, 6.07) is 15.8. The molecular weight excluding hydrogens is 603 g/mol. The number of hydrogen-bond donors (Lipinski definition) is 1. The van der Waals surface area contributed by atoms with Gasteiger partial charge in [-0.05, 0) is 48.9 Å². The summed E-state index contributed by atoms with van der Waals surface area (Å²) in [5.41, 5.74) is 2.82. The Balaban J connectivity index is 0.956. The number of halogens is 1. The molecule has 1 amide bonds. The van der Waals surface area contributed by atoms with Crippen molar-refractivity contribution in [2.75, 3.05) is 62.7 Å².